The monoisotopic (exact) mass is 1720 g/mol. The molecule has 0 aliphatic carbocycles. The molecule has 9 aromatic heterocycles. The Balaban J connectivity index is 0.000000107. The number of rotatable bonds is 12. The molecule has 0 aliphatic rings. The molecular formula is C119H75N11S2. The van der Waals surface area contributed by atoms with Crippen molar-refractivity contribution in [2.24, 2.45) is 0 Å². The lowest BCUT2D eigenvalue weighted by Gasteiger charge is -2.12. The maximum absolute atomic E-state index is 5.17. The van der Waals surface area contributed by atoms with Gasteiger partial charge in [0.15, 0.2) is 17.5 Å². The summed E-state index contributed by atoms with van der Waals surface area (Å²) in [6, 6.07) is 160. The van der Waals surface area contributed by atoms with Crippen molar-refractivity contribution in [1.29, 1.82) is 0 Å². The largest absolute Gasteiger partial charge is 0.309 e. The second-order valence-corrected chi connectivity index (χ2v) is 35.1. The standard InChI is InChI=1S/C45H29N5.C40H25N3S.C34H21N3S/c1-3-14-30(15-4-1)43-46-44(31-16-5-2-6-17-31)48-45(47-43)32-18-13-19-33(28-32)49-41-25-12-9-22-37(41)38-29-34(26-27-42(38)49)50-39-23-10-7-20-35(39)36-21-8-11-24-40(36)50;1-3-12-26(13-4-1)34-25-35(27-14-5-2-6-15-27)42-40(41-34)43-36-20-9-7-16-30(36)33-24-28(22-23-37(33)43)29-18-11-19-32-31-17-8-10-21-38(31)44-39(29)32;1-3-11-22(12-4-1)27-21-28(23-13-5-2-6-14-23)36-34(35-27)37-29-17-9-7-16-26(29)32-30(37)20-19-25-24-15-8-10-18-31(24)38-33(25)32/h1-29H;1-25H;1-21H. The highest BCUT2D eigenvalue weighted by Gasteiger charge is 2.25. The summed E-state index contributed by atoms with van der Waals surface area (Å²) in [4.78, 5) is 35.5. The van der Waals surface area contributed by atoms with E-state index in [1.165, 1.54) is 106 Å². The summed E-state index contributed by atoms with van der Waals surface area (Å²) in [6.45, 7) is 0. The van der Waals surface area contributed by atoms with E-state index in [2.05, 4.69) is 388 Å². The van der Waals surface area contributed by atoms with Gasteiger partial charge in [0.05, 0.1) is 66.9 Å². The number of para-hydroxylation sites is 5. The summed E-state index contributed by atoms with van der Waals surface area (Å²) in [6.07, 6.45) is 0. The van der Waals surface area contributed by atoms with E-state index in [-0.39, 0.29) is 0 Å². The Morgan fingerprint density at radius 1 is 0.167 bits per heavy atom. The molecule has 618 valence electrons. The molecule has 0 fully saturated rings. The van der Waals surface area contributed by atoms with Gasteiger partial charge in [-0.05, 0) is 114 Å². The summed E-state index contributed by atoms with van der Waals surface area (Å²) in [5.74, 6) is 3.27. The van der Waals surface area contributed by atoms with Gasteiger partial charge in [-0.2, -0.15) is 0 Å². The molecule has 0 amide bonds. The van der Waals surface area contributed by atoms with Gasteiger partial charge >= 0.3 is 0 Å². The molecule has 0 N–H and O–H groups in total. The molecule has 0 spiro atoms. The van der Waals surface area contributed by atoms with Crippen molar-refractivity contribution >= 4 is 150 Å². The third kappa shape index (κ3) is 13.5. The minimum Gasteiger partial charge on any atom is -0.309 e. The first kappa shape index (κ1) is 77.1. The highest BCUT2D eigenvalue weighted by Crippen LogP contribution is 2.47. The SMILES string of the molecule is c1ccc(-c2cc(-c3ccccc3)nc(-n3c4ccccc4c4c5sc6ccccc6c5ccc43)n2)cc1.c1ccc(-c2cc(-c3ccccc3)nc(-n3c4ccccc4c4cc(-c5cccc6c5sc5ccccc56)ccc43)n2)cc1.c1ccc(-c2nc(-c3ccccc3)nc(-c3cccc(-n4c5ccccc5c5cc(-n6c7ccccc7c7ccccc76)ccc54)c3)n2)cc1. The number of benzene rings is 18. The zero-order chi connectivity index (χ0) is 87.1. The highest BCUT2D eigenvalue weighted by molar-refractivity contribution is 7.27. The highest BCUT2D eigenvalue weighted by atomic mass is 32.1. The lowest BCUT2D eigenvalue weighted by molar-refractivity contribution is 0.995. The molecule has 0 aliphatic heterocycles. The van der Waals surface area contributed by atoms with Gasteiger partial charge in [0.1, 0.15) is 0 Å². The third-order valence-electron chi connectivity index (χ3n) is 25.2. The molecule has 11 nitrogen and oxygen atoms in total. The molecule has 9 heterocycles. The zero-order valence-electron chi connectivity index (χ0n) is 71.0. The average Bonchev–Trinajstić information content (AvgIpc) is 1.56. The number of fused-ring (bicyclic) bond motifs is 19. The van der Waals surface area contributed by atoms with E-state index in [1.807, 2.05) is 108 Å². The van der Waals surface area contributed by atoms with E-state index < -0.39 is 0 Å². The van der Waals surface area contributed by atoms with Gasteiger partial charge < -0.3 is 9.13 Å². The first-order valence-electron chi connectivity index (χ1n) is 44.2. The van der Waals surface area contributed by atoms with Crippen molar-refractivity contribution < 1.29 is 0 Å². The summed E-state index contributed by atoms with van der Waals surface area (Å²) in [5.41, 5.74) is 24.4. The molecule has 18 aromatic carbocycles. The van der Waals surface area contributed by atoms with Gasteiger partial charge in [-0.15, -0.1) is 22.7 Å². The van der Waals surface area contributed by atoms with Crippen molar-refractivity contribution in [3.63, 3.8) is 0 Å². The van der Waals surface area contributed by atoms with Gasteiger partial charge in [0.25, 0.3) is 0 Å². The zero-order valence-corrected chi connectivity index (χ0v) is 72.7. The predicted molar refractivity (Wildman–Crippen MR) is 551 cm³/mol. The van der Waals surface area contributed by atoms with Crippen LogP contribution in [0.1, 0.15) is 0 Å². The van der Waals surface area contributed by atoms with Crippen molar-refractivity contribution in [3.05, 3.63) is 455 Å². The van der Waals surface area contributed by atoms with Crippen LogP contribution in [-0.4, -0.2) is 53.2 Å². The van der Waals surface area contributed by atoms with Gasteiger partial charge in [-0.25, -0.2) is 34.9 Å². The van der Waals surface area contributed by atoms with Crippen molar-refractivity contribution in [1.82, 2.24) is 53.2 Å². The van der Waals surface area contributed by atoms with Gasteiger partial charge in [-0.1, -0.05) is 352 Å². The Bertz CT molecular complexity index is 8930. The Morgan fingerprint density at radius 3 is 0.970 bits per heavy atom. The summed E-state index contributed by atoms with van der Waals surface area (Å²) >= 11 is 3.73. The first-order valence-corrected chi connectivity index (χ1v) is 45.9. The topological polar surface area (TPSA) is 110 Å². The van der Waals surface area contributed by atoms with Crippen molar-refractivity contribution in [2.75, 3.05) is 0 Å². The van der Waals surface area contributed by atoms with Crippen LogP contribution in [-0.2, 0) is 0 Å². The van der Waals surface area contributed by atoms with Crippen LogP contribution in [0.4, 0.5) is 0 Å². The Kier molecular flexibility index (Phi) is 19.0. The fourth-order valence-corrected chi connectivity index (χ4v) is 21.7. The molecule has 132 heavy (non-hydrogen) atoms. The van der Waals surface area contributed by atoms with Crippen LogP contribution in [0.5, 0.6) is 0 Å². The second-order valence-electron chi connectivity index (χ2n) is 33.0. The van der Waals surface area contributed by atoms with E-state index in [1.54, 1.807) is 0 Å². The van der Waals surface area contributed by atoms with Crippen LogP contribution in [0, 0.1) is 0 Å². The summed E-state index contributed by atoms with van der Waals surface area (Å²) in [7, 11) is 0. The Hall–Kier alpha value is -17.2. The Labute approximate surface area is 766 Å². The number of thiophene rings is 2. The summed E-state index contributed by atoms with van der Waals surface area (Å²) < 4.78 is 14.4. The van der Waals surface area contributed by atoms with E-state index in [4.69, 9.17) is 34.9 Å². The molecule has 0 atom stereocenters. The molecule has 27 aromatic rings. The number of aromatic nitrogens is 11. The number of nitrogens with zero attached hydrogens (tertiary/aromatic N) is 11. The lowest BCUT2D eigenvalue weighted by Crippen LogP contribution is -2.03. The Morgan fingerprint density at radius 2 is 0.485 bits per heavy atom. The lowest BCUT2D eigenvalue weighted by atomic mass is 10.0. The summed E-state index contributed by atoms with van der Waals surface area (Å²) in [5, 5.41) is 15.0. The van der Waals surface area contributed by atoms with Gasteiger partial charge in [0.2, 0.25) is 11.9 Å². The number of hydrogen-bond donors (Lipinski definition) is 0. The fourth-order valence-electron chi connectivity index (χ4n) is 19.2. The van der Waals surface area contributed by atoms with Crippen LogP contribution >= 0.6 is 22.7 Å². The quantitative estimate of drug-likeness (QED) is 0.120. The van der Waals surface area contributed by atoms with Crippen molar-refractivity contribution in [3.8, 4) is 114 Å². The first-order chi connectivity index (χ1) is 65.5. The van der Waals surface area contributed by atoms with Crippen LogP contribution < -0.4 is 0 Å². The molecule has 0 saturated carbocycles. The van der Waals surface area contributed by atoms with Crippen molar-refractivity contribution in [2.45, 2.75) is 0 Å². The molecule has 0 radical (unpaired) electrons. The second kappa shape index (κ2) is 32.6. The van der Waals surface area contributed by atoms with Crippen LogP contribution in [0.25, 0.3) is 241 Å². The van der Waals surface area contributed by atoms with E-state index >= 15 is 0 Å². The van der Waals surface area contributed by atoms with E-state index in [9.17, 15) is 0 Å². The smallest absolute Gasteiger partial charge is 0.235 e. The molecule has 0 saturated heterocycles. The average molecular weight is 1720 g/mol. The normalized spacial score (nSPS) is 11.6. The van der Waals surface area contributed by atoms with Gasteiger partial charge in [0, 0.05) is 134 Å². The third-order valence-corrected chi connectivity index (χ3v) is 27.7. The minimum absolute atomic E-state index is 0.633. The maximum Gasteiger partial charge on any atom is 0.235 e. The van der Waals surface area contributed by atoms with Crippen LogP contribution in [0.3, 0.4) is 0 Å². The molecule has 13 heteroatoms. The molecule has 27 rings (SSSR count). The van der Waals surface area contributed by atoms with Crippen LogP contribution in [0.2, 0.25) is 0 Å². The van der Waals surface area contributed by atoms with E-state index in [0.717, 1.165) is 106 Å². The van der Waals surface area contributed by atoms with Crippen LogP contribution in [0.15, 0.2) is 455 Å². The fraction of sp³-hybridized carbons (Fsp3) is 0. The minimum atomic E-state index is 0.633. The molecule has 0 unspecified atom stereocenters. The predicted octanol–water partition coefficient (Wildman–Crippen LogP) is 31.3. The molecule has 0 bridgehead atoms. The maximum atomic E-state index is 5.17. The number of hydrogen-bond acceptors (Lipinski definition) is 9. The molecular weight excluding hydrogens is 1650 g/mol. The van der Waals surface area contributed by atoms with E-state index in [0.29, 0.717) is 29.4 Å². The van der Waals surface area contributed by atoms with Gasteiger partial charge in [-0.3, -0.25) is 9.13 Å².